The molecule has 0 aliphatic rings. The van der Waals surface area contributed by atoms with Crippen LogP contribution in [-0.2, 0) is 4.74 Å². The zero-order valence-electron chi connectivity index (χ0n) is 13.5. The monoisotopic (exact) mass is 302 g/mol. The second-order valence-electron chi connectivity index (χ2n) is 5.17. The zero-order valence-corrected chi connectivity index (χ0v) is 13.5. The van der Waals surface area contributed by atoms with E-state index in [1.165, 1.54) is 0 Å². The second kappa shape index (κ2) is 7.22. The lowest BCUT2D eigenvalue weighted by Crippen LogP contribution is -2.32. The van der Waals surface area contributed by atoms with Crippen LogP contribution in [0.15, 0.2) is 24.3 Å². The number of hydrogen-bond donors (Lipinski definition) is 1. The molecule has 1 aromatic heterocycles. The number of nitrogens with zero attached hydrogens (tertiary/aromatic N) is 1. The number of ether oxygens (including phenoxy) is 2. The molecule has 1 heterocycles. The predicted octanol–water partition coefficient (Wildman–Crippen LogP) is 2.71. The van der Waals surface area contributed by atoms with Gasteiger partial charge in [0.15, 0.2) is 0 Å². The van der Waals surface area contributed by atoms with Crippen molar-refractivity contribution in [3.8, 4) is 5.75 Å². The Morgan fingerprint density at radius 1 is 1.36 bits per heavy atom. The molecule has 0 fully saturated rings. The summed E-state index contributed by atoms with van der Waals surface area (Å²) in [7, 11) is 1.61. The highest BCUT2D eigenvalue weighted by Crippen LogP contribution is 2.23. The van der Waals surface area contributed by atoms with Crippen LogP contribution in [0.4, 0.5) is 0 Å². The fraction of sp³-hybridized carbons (Fsp3) is 0.412. The summed E-state index contributed by atoms with van der Waals surface area (Å²) in [6.45, 7) is 6.86. The van der Waals surface area contributed by atoms with Crippen LogP contribution in [-0.4, -0.2) is 37.3 Å². The van der Waals surface area contributed by atoms with Gasteiger partial charge in [-0.15, -0.1) is 0 Å². The standard InChI is InChI=1S/C17H22N2O3/c1-5-22-12(3)10-18-17(20)15-8-11(2)19-16-9-13(21-4)6-7-14(15)16/h6-9,12H,5,10H2,1-4H3,(H,18,20)/t12-/m1/s1. The molecule has 0 aliphatic carbocycles. The first-order valence-electron chi connectivity index (χ1n) is 7.40. The van der Waals surface area contributed by atoms with Gasteiger partial charge in [-0.25, -0.2) is 0 Å². The van der Waals surface area contributed by atoms with Gasteiger partial charge in [0.25, 0.3) is 5.91 Å². The van der Waals surface area contributed by atoms with Gasteiger partial charge in [0.1, 0.15) is 5.75 Å². The lowest BCUT2D eigenvalue weighted by atomic mass is 10.1. The van der Waals surface area contributed by atoms with Crippen molar-refractivity contribution < 1.29 is 14.3 Å². The lowest BCUT2D eigenvalue weighted by Gasteiger charge is -2.14. The summed E-state index contributed by atoms with van der Waals surface area (Å²) in [5.41, 5.74) is 2.17. The fourth-order valence-electron chi connectivity index (χ4n) is 2.33. The van der Waals surface area contributed by atoms with Crippen molar-refractivity contribution in [3.05, 3.63) is 35.5 Å². The molecule has 0 radical (unpaired) electrons. The Labute approximate surface area is 130 Å². The summed E-state index contributed by atoms with van der Waals surface area (Å²) in [6.07, 6.45) is -0.0109. The Hall–Kier alpha value is -2.14. The third-order valence-corrected chi connectivity index (χ3v) is 3.39. The molecule has 22 heavy (non-hydrogen) atoms. The molecule has 5 nitrogen and oxygen atoms in total. The lowest BCUT2D eigenvalue weighted by molar-refractivity contribution is 0.0695. The van der Waals surface area contributed by atoms with Gasteiger partial charge in [0.05, 0.1) is 24.3 Å². The normalized spacial score (nSPS) is 12.2. The highest BCUT2D eigenvalue weighted by molar-refractivity contribution is 6.06. The van der Waals surface area contributed by atoms with Gasteiger partial charge in [-0.1, -0.05) is 0 Å². The Balaban J connectivity index is 2.28. The van der Waals surface area contributed by atoms with E-state index in [2.05, 4.69) is 10.3 Å². The van der Waals surface area contributed by atoms with Crippen LogP contribution in [0.25, 0.3) is 10.9 Å². The van der Waals surface area contributed by atoms with Gasteiger partial charge in [-0.3, -0.25) is 9.78 Å². The molecule has 1 N–H and O–H groups in total. The zero-order chi connectivity index (χ0) is 16.1. The van der Waals surface area contributed by atoms with E-state index < -0.39 is 0 Å². The minimum atomic E-state index is -0.118. The third kappa shape index (κ3) is 3.74. The first-order valence-corrected chi connectivity index (χ1v) is 7.40. The molecule has 0 aliphatic heterocycles. The minimum Gasteiger partial charge on any atom is -0.497 e. The van der Waals surface area contributed by atoms with Crippen molar-refractivity contribution in [2.45, 2.75) is 26.9 Å². The number of methoxy groups -OCH3 is 1. The summed E-state index contributed by atoms with van der Waals surface area (Å²) in [5, 5.41) is 3.72. The minimum absolute atomic E-state index is 0.0109. The maximum Gasteiger partial charge on any atom is 0.252 e. The molecule has 0 saturated carbocycles. The largest absolute Gasteiger partial charge is 0.497 e. The molecule has 0 unspecified atom stereocenters. The third-order valence-electron chi connectivity index (χ3n) is 3.39. The van der Waals surface area contributed by atoms with Crippen molar-refractivity contribution in [1.82, 2.24) is 10.3 Å². The molecule has 0 bridgehead atoms. The van der Waals surface area contributed by atoms with Crippen LogP contribution in [0.5, 0.6) is 5.75 Å². The van der Waals surface area contributed by atoms with Gasteiger partial charge >= 0.3 is 0 Å². The van der Waals surface area contributed by atoms with E-state index in [1.54, 1.807) is 13.2 Å². The predicted molar refractivity (Wildman–Crippen MR) is 86.5 cm³/mol. The molecule has 1 aromatic carbocycles. The summed E-state index contributed by atoms with van der Waals surface area (Å²) in [4.78, 5) is 16.9. The Morgan fingerprint density at radius 3 is 2.82 bits per heavy atom. The average Bonchev–Trinajstić information content (AvgIpc) is 2.51. The summed E-state index contributed by atoms with van der Waals surface area (Å²) < 4.78 is 10.6. The summed E-state index contributed by atoms with van der Waals surface area (Å²) in [5.74, 6) is 0.606. The molecule has 1 amide bonds. The number of nitrogens with one attached hydrogen (secondary N) is 1. The van der Waals surface area contributed by atoms with Crippen molar-refractivity contribution in [3.63, 3.8) is 0 Å². The molecule has 118 valence electrons. The average molecular weight is 302 g/mol. The smallest absolute Gasteiger partial charge is 0.252 e. The summed E-state index contributed by atoms with van der Waals surface area (Å²) >= 11 is 0. The van der Waals surface area contributed by atoms with Crippen molar-refractivity contribution in [2.75, 3.05) is 20.3 Å². The molecule has 2 rings (SSSR count). The molecule has 0 saturated heterocycles. The number of pyridine rings is 1. The van der Waals surface area contributed by atoms with Gasteiger partial charge < -0.3 is 14.8 Å². The number of carbonyl (C=O) groups is 1. The topological polar surface area (TPSA) is 60.5 Å². The molecule has 1 atom stereocenters. The first-order chi connectivity index (χ1) is 10.5. The Morgan fingerprint density at radius 2 is 2.14 bits per heavy atom. The van der Waals surface area contributed by atoms with E-state index in [0.717, 1.165) is 22.3 Å². The van der Waals surface area contributed by atoms with E-state index in [1.807, 2.05) is 39.0 Å². The number of aryl methyl sites for hydroxylation is 1. The Bertz CT molecular complexity index is 670. The number of amides is 1. The molecular weight excluding hydrogens is 280 g/mol. The van der Waals surface area contributed by atoms with E-state index in [-0.39, 0.29) is 12.0 Å². The number of carbonyl (C=O) groups excluding carboxylic acids is 1. The molecule has 2 aromatic rings. The maximum atomic E-state index is 12.4. The van der Waals surface area contributed by atoms with Gasteiger partial charge in [0, 0.05) is 30.3 Å². The highest BCUT2D eigenvalue weighted by Gasteiger charge is 2.13. The second-order valence-corrected chi connectivity index (χ2v) is 5.17. The number of benzene rings is 1. The SMILES string of the molecule is CCO[C@H](C)CNC(=O)c1cc(C)nc2cc(OC)ccc12. The number of fused-ring (bicyclic) bond motifs is 1. The van der Waals surface area contributed by atoms with Crippen LogP contribution in [0.2, 0.25) is 0 Å². The molecular formula is C17H22N2O3. The quantitative estimate of drug-likeness (QED) is 0.891. The van der Waals surface area contributed by atoms with E-state index in [9.17, 15) is 4.79 Å². The van der Waals surface area contributed by atoms with Crippen LogP contribution < -0.4 is 10.1 Å². The summed E-state index contributed by atoms with van der Waals surface area (Å²) in [6, 6.07) is 7.33. The van der Waals surface area contributed by atoms with E-state index in [4.69, 9.17) is 9.47 Å². The van der Waals surface area contributed by atoms with E-state index >= 15 is 0 Å². The highest BCUT2D eigenvalue weighted by atomic mass is 16.5. The molecule has 5 heteroatoms. The van der Waals surface area contributed by atoms with Gasteiger partial charge in [0.2, 0.25) is 0 Å². The number of aromatic nitrogens is 1. The number of rotatable bonds is 6. The number of hydrogen-bond acceptors (Lipinski definition) is 4. The molecule has 0 spiro atoms. The van der Waals surface area contributed by atoms with Crippen molar-refractivity contribution in [2.24, 2.45) is 0 Å². The van der Waals surface area contributed by atoms with Crippen LogP contribution in [0.3, 0.4) is 0 Å². The van der Waals surface area contributed by atoms with Crippen molar-refractivity contribution in [1.29, 1.82) is 0 Å². The Kier molecular flexibility index (Phi) is 5.33. The van der Waals surface area contributed by atoms with Crippen LogP contribution in [0.1, 0.15) is 29.9 Å². The fourth-order valence-corrected chi connectivity index (χ4v) is 2.33. The van der Waals surface area contributed by atoms with Crippen LogP contribution >= 0.6 is 0 Å². The van der Waals surface area contributed by atoms with Crippen LogP contribution in [0, 0.1) is 6.92 Å². The van der Waals surface area contributed by atoms with Crippen molar-refractivity contribution >= 4 is 16.8 Å². The van der Waals surface area contributed by atoms with E-state index in [0.29, 0.717) is 18.7 Å². The first kappa shape index (κ1) is 16.2. The van der Waals surface area contributed by atoms with Gasteiger partial charge in [-0.2, -0.15) is 0 Å². The van der Waals surface area contributed by atoms with Gasteiger partial charge in [-0.05, 0) is 39.0 Å². The maximum absolute atomic E-state index is 12.4.